The Bertz CT molecular complexity index is 219. The van der Waals surface area contributed by atoms with Gasteiger partial charge in [-0.2, -0.15) is 0 Å². The van der Waals surface area contributed by atoms with Crippen molar-refractivity contribution >= 4 is 0 Å². The van der Waals surface area contributed by atoms with Crippen molar-refractivity contribution in [3.63, 3.8) is 0 Å². The van der Waals surface area contributed by atoms with Crippen LogP contribution in [0.2, 0.25) is 0 Å². The first-order chi connectivity index (χ1) is 5.88. The molecule has 1 aliphatic heterocycles. The Morgan fingerprint density at radius 3 is 3.17 bits per heavy atom. The Kier molecular flexibility index (Phi) is 3.51. The Balaban J connectivity index is 2.61. The number of unbranched alkanes of at least 4 members (excludes halogenated alkanes) is 1. The average Bonchev–Trinajstić information content (AvgIpc) is 2.15. The van der Waals surface area contributed by atoms with Crippen LogP contribution in [0, 0.1) is 5.53 Å². The first-order valence-electron chi connectivity index (χ1n) is 4.28. The molecule has 0 aliphatic carbocycles. The van der Waals surface area contributed by atoms with Gasteiger partial charge in [0.05, 0.1) is 0 Å². The Labute approximate surface area is 72.6 Å². The summed E-state index contributed by atoms with van der Waals surface area (Å²) in [6, 6.07) is 0. The molecule has 0 atom stereocenters. The molecular weight excluding hydrogens is 152 g/mol. The zero-order valence-corrected chi connectivity index (χ0v) is 7.34. The van der Waals surface area contributed by atoms with E-state index in [-0.39, 0.29) is 0 Å². The van der Waals surface area contributed by atoms with Crippen molar-refractivity contribution in [1.82, 2.24) is 0 Å². The van der Waals surface area contributed by atoms with Crippen LogP contribution in [0.5, 0.6) is 0 Å². The van der Waals surface area contributed by atoms with Crippen molar-refractivity contribution in [3.8, 4) is 0 Å². The van der Waals surface area contributed by atoms with E-state index < -0.39 is 0 Å². The maximum Gasteiger partial charge on any atom is 0.236 e. The van der Waals surface area contributed by atoms with Crippen LogP contribution in [0.4, 0.5) is 0 Å². The summed E-state index contributed by atoms with van der Waals surface area (Å²) in [7, 11) is 0. The van der Waals surface area contributed by atoms with Crippen molar-refractivity contribution in [2.45, 2.75) is 26.2 Å². The summed E-state index contributed by atoms with van der Waals surface area (Å²) in [5.41, 5.74) is 7.93. The molecule has 66 valence electrons. The van der Waals surface area contributed by atoms with E-state index in [1.165, 1.54) is 0 Å². The molecule has 3 heteroatoms. The van der Waals surface area contributed by atoms with Gasteiger partial charge in [0.2, 0.25) is 5.88 Å². The predicted octanol–water partition coefficient (Wildman–Crippen LogP) is 3.01. The van der Waals surface area contributed by atoms with Crippen LogP contribution in [-0.2, 0) is 4.74 Å². The molecule has 1 aliphatic rings. The highest BCUT2D eigenvalue weighted by molar-refractivity contribution is 5.24. The minimum atomic E-state index is 0.492. The van der Waals surface area contributed by atoms with Gasteiger partial charge in [-0.1, -0.05) is 19.4 Å². The van der Waals surface area contributed by atoms with Gasteiger partial charge < -0.3 is 4.74 Å². The number of rotatable bonds is 4. The molecule has 0 radical (unpaired) electrons. The van der Waals surface area contributed by atoms with Gasteiger partial charge >= 0.3 is 0 Å². The molecule has 0 aromatic rings. The summed E-state index contributed by atoms with van der Waals surface area (Å²) in [5, 5.41) is 3.34. The Hall–Kier alpha value is -1.12. The van der Waals surface area contributed by atoms with E-state index in [4.69, 9.17) is 10.3 Å². The summed E-state index contributed by atoms with van der Waals surface area (Å²) in [5.74, 6) is 0.492. The van der Waals surface area contributed by atoms with E-state index in [0.717, 1.165) is 24.8 Å². The summed E-state index contributed by atoms with van der Waals surface area (Å²) in [4.78, 5) is 0. The van der Waals surface area contributed by atoms with Crippen LogP contribution in [0.15, 0.2) is 28.7 Å². The highest BCUT2D eigenvalue weighted by Gasteiger charge is 2.07. The first-order valence-corrected chi connectivity index (χ1v) is 4.28. The Morgan fingerprint density at radius 2 is 2.50 bits per heavy atom. The smallest absolute Gasteiger partial charge is 0.236 e. The molecule has 0 spiro atoms. The van der Waals surface area contributed by atoms with Gasteiger partial charge in [0.25, 0.3) is 0 Å². The van der Waals surface area contributed by atoms with Gasteiger partial charge in [-0.3, -0.25) is 0 Å². The maximum atomic E-state index is 6.87. The lowest BCUT2D eigenvalue weighted by Gasteiger charge is -2.11. The van der Waals surface area contributed by atoms with Crippen LogP contribution >= 0.6 is 0 Å². The molecule has 0 unspecified atom stereocenters. The van der Waals surface area contributed by atoms with E-state index >= 15 is 0 Å². The van der Waals surface area contributed by atoms with Crippen LogP contribution < -0.4 is 0 Å². The molecule has 0 aromatic carbocycles. The SMILES string of the molecule is CCCCC1=C(N=N)OCC=C1. The molecule has 1 heterocycles. The first kappa shape index (κ1) is 8.97. The van der Waals surface area contributed by atoms with Crippen molar-refractivity contribution in [1.29, 1.82) is 5.53 Å². The lowest BCUT2D eigenvalue weighted by Crippen LogP contribution is -1.99. The number of hydrogen-bond donors (Lipinski definition) is 1. The zero-order chi connectivity index (χ0) is 8.81. The van der Waals surface area contributed by atoms with Crippen molar-refractivity contribution in [3.05, 3.63) is 23.6 Å². The second kappa shape index (κ2) is 4.70. The highest BCUT2D eigenvalue weighted by atomic mass is 16.5. The molecular formula is C9H14N2O. The van der Waals surface area contributed by atoms with Gasteiger partial charge in [-0.15, -0.1) is 5.11 Å². The number of nitrogens with one attached hydrogen (secondary N) is 1. The monoisotopic (exact) mass is 166 g/mol. The van der Waals surface area contributed by atoms with Gasteiger partial charge in [0.15, 0.2) is 0 Å². The molecule has 12 heavy (non-hydrogen) atoms. The van der Waals surface area contributed by atoms with Gasteiger partial charge in [0, 0.05) is 5.57 Å². The van der Waals surface area contributed by atoms with Crippen LogP contribution in [0.1, 0.15) is 26.2 Å². The van der Waals surface area contributed by atoms with Gasteiger partial charge in [-0.05, 0) is 18.9 Å². The summed E-state index contributed by atoms with van der Waals surface area (Å²) in [6.07, 6.45) is 7.21. The molecule has 1 rings (SSSR count). The van der Waals surface area contributed by atoms with E-state index in [1.54, 1.807) is 0 Å². The third-order valence-electron chi connectivity index (χ3n) is 1.81. The second-order valence-electron chi connectivity index (χ2n) is 2.76. The molecule has 3 nitrogen and oxygen atoms in total. The van der Waals surface area contributed by atoms with Crippen LogP contribution in [0.25, 0.3) is 0 Å². The summed E-state index contributed by atoms with van der Waals surface area (Å²) < 4.78 is 5.18. The summed E-state index contributed by atoms with van der Waals surface area (Å²) in [6.45, 7) is 2.69. The third kappa shape index (κ3) is 2.19. The molecule has 0 amide bonds. The van der Waals surface area contributed by atoms with Gasteiger partial charge in [0.1, 0.15) is 6.61 Å². The van der Waals surface area contributed by atoms with Crippen molar-refractivity contribution in [2.24, 2.45) is 5.11 Å². The lowest BCUT2D eigenvalue weighted by atomic mass is 10.1. The highest BCUT2D eigenvalue weighted by Crippen LogP contribution is 2.19. The standard InChI is InChI=1S/C9H14N2O/c1-2-3-5-8-6-4-7-12-9(8)11-10/h4,6,10H,2-3,5,7H2,1H3. The molecule has 0 fully saturated rings. The Morgan fingerprint density at radius 1 is 1.67 bits per heavy atom. The number of nitrogens with zero attached hydrogens (tertiary/aromatic N) is 1. The predicted molar refractivity (Wildman–Crippen MR) is 46.8 cm³/mol. The van der Waals surface area contributed by atoms with Crippen LogP contribution in [0.3, 0.4) is 0 Å². The van der Waals surface area contributed by atoms with Crippen LogP contribution in [-0.4, -0.2) is 6.61 Å². The average molecular weight is 166 g/mol. The third-order valence-corrected chi connectivity index (χ3v) is 1.81. The zero-order valence-electron chi connectivity index (χ0n) is 7.34. The molecule has 1 N–H and O–H groups in total. The van der Waals surface area contributed by atoms with E-state index in [0.29, 0.717) is 12.5 Å². The van der Waals surface area contributed by atoms with Crippen molar-refractivity contribution in [2.75, 3.05) is 6.61 Å². The lowest BCUT2D eigenvalue weighted by molar-refractivity contribution is 0.230. The van der Waals surface area contributed by atoms with Crippen molar-refractivity contribution < 1.29 is 4.74 Å². The number of allylic oxidation sites excluding steroid dienone is 2. The van der Waals surface area contributed by atoms with E-state index in [9.17, 15) is 0 Å². The molecule has 0 saturated carbocycles. The topological polar surface area (TPSA) is 45.4 Å². The normalized spacial score (nSPS) is 16.1. The fourth-order valence-corrected chi connectivity index (χ4v) is 1.14. The molecule has 0 aromatic heterocycles. The minimum absolute atomic E-state index is 0.492. The van der Waals surface area contributed by atoms with E-state index in [2.05, 4.69) is 12.0 Å². The van der Waals surface area contributed by atoms with E-state index in [1.807, 2.05) is 12.2 Å². The number of hydrogen-bond acceptors (Lipinski definition) is 3. The largest absolute Gasteiger partial charge is 0.472 e. The maximum absolute atomic E-state index is 6.87. The summed E-state index contributed by atoms with van der Waals surface area (Å²) >= 11 is 0. The fourth-order valence-electron chi connectivity index (χ4n) is 1.14. The quantitative estimate of drug-likeness (QED) is 0.641. The minimum Gasteiger partial charge on any atom is -0.472 e. The molecule has 0 saturated heterocycles. The molecule has 0 bridgehead atoms. The fraction of sp³-hybridized carbons (Fsp3) is 0.556. The second-order valence-corrected chi connectivity index (χ2v) is 2.76. The van der Waals surface area contributed by atoms with Gasteiger partial charge in [-0.25, -0.2) is 5.53 Å². The number of ether oxygens (including phenoxy) is 1.